The molecule has 150 valence electrons. The minimum Gasteiger partial charge on any atom is -0.497 e. The number of nitrogens with zero attached hydrogens (tertiary/aromatic N) is 2. The Bertz CT molecular complexity index is 758. The van der Waals surface area contributed by atoms with Crippen LogP contribution in [-0.4, -0.2) is 49.1 Å². The van der Waals surface area contributed by atoms with Gasteiger partial charge in [0, 0.05) is 12.7 Å². The maximum absolute atomic E-state index is 12.8. The Hall–Kier alpha value is -2.60. The van der Waals surface area contributed by atoms with Crippen molar-refractivity contribution in [2.75, 3.05) is 33.4 Å². The topological polar surface area (TPSA) is 63.7 Å². The molecule has 2 aromatic rings. The van der Waals surface area contributed by atoms with Crippen molar-refractivity contribution in [3.05, 3.63) is 53.7 Å². The first-order chi connectivity index (χ1) is 13.7. The summed E-state index contributed by atoms with van der Waals surface area (Å²) in [4.78, 5) is 19.4. The van der Waals surface area contributed by atoms with Gasteiger partial charge in [-0.1, -0.05) is 18.6 Å². The van der Waals surface area contributed by atoms with Crippen LogP contribution in [0.25, 0.3) is 0 Å². The number of ether oxygens (including phenoxy) is 2. The van der Waals surface area contributed by atoms with Crippen LogP contribution in [-0.2, 0) is 0 Å². The fourth-order valence-electron chi connectivity index (χ4n) is 3.61. The third kappa shape index (κ3) is 5.01. The molecule has 1 fully saturated rings. The van der Waals surface area contributed by atoms with Gasteiger partial charge in [-0.25, -0.2) is 4.98 Å². The van der Waals surface area contributed by atoms with Crippen LogP contribution in [0.4, 0.5) is 0 Å². The maximum Gasteiger partial charge on any atom is 0.256 e. The fraction of sp³-hybridized carbons (Fsp3) is 0.455. The number of methoxy groups -OCH3 is 1. The molecular formula is C22H29N3O3. The van der Waals surface area contributed by atoms with E-state index in [1.807, 2.05) is 19.1 Å². The first-order valence-electron chi connectivity index (χ1n) is 9.97. The number of hydrogen-bond donors (Lipinski definition) is 1. The molecule has 6 nitrogen and oxygen atoms in total. The average Bonchev–Trinajstić information content (AvgIpc) is 2.75. The summed E-state index contributed by atoms with van der Waals surface area (Å²) in [5, 5.41) is 3.09. The zero-order chi connectivity index (χ0) is 19.8. The Morgan fingerprint density at radius 3 is 2.61 bits per heavy atom. The standard InChI is InChI=1S/C22H29N3O3/c1-3-28-22-19(8-7-13-23-22)21(26)24-16-20(25-14-5-4-6-15-25)17-9-11-18(27-2)12-10-17/h7-13,20H,3-6,14-16H2,1-2H3,(H,24,26). The zero-order valence-corrected chi connectivity index (χ0v) is 16.7. The molecule has 28 heavy (non-hydrogen) atoms. The number of likely N-dealkylation sites (tertiary alicyclic amines) is 1. The Morgan fingerprint density at radius 2 is 1.93 bits per heavy atom. The molecule has 1 aliphatic rings. The number of rotatable bonds is 8. The first kappa shape index (κ1) is 20.1. The Balaban J connectivity index is 1.74. The number of hydrogen-bond acceptors (Lipinski definition) is 5. The first-order valence-corrected chi connectivity index (χ1v) is 9.97. The molecule has 2 heterocycles. The van der Waals surface area contributed by atoms with Gasteiger partial charge in [-0.2, -0.15) is 0 Å². The number of aromatic nitrogens is 1. The summed E-state index contributed by atoms with van der Waals surface area (Å²) in [7, 11) is 1.67. The van der Waals surface area contributed by atoms with Gasteiger partial charge in [0.05, 0.1) is 19.8 Å². The molecule has 1 N–H and O–H groups in total. The highest BCUT2D eigenvalue weighted by Gasteiger charge is 2.24. The van der Waals surface area contributed by atoms with Crippen LogP contribution in [0.2, 0.25) is 0 Å². The minimum atomic E-state index is -0.160. The summed E-state index contributed by atoms with van der Waals surface area (Å²) in [6.07, 6.45) is 5.29. The van der Waals surface area contributed by atoms with Gasteiger partial charge in [-0.15, -0.1) is 0 Å². The molecule has 1 saturated heterocycles. The van der Waals surface area contributed by atoms with E-state index >= 15 is 0 Å². The summed E-state index contributed by atoms with van der Waals surface area (Å²) in [6, 6.07) is 11.7. The van der Waals surface area contributed by atoms with E-state index in [1.165, 1.54) is 24.8 Å². The lowest BCUT2D eigenvalue weighted by molar-refractivity contribution is 0.0920. The maximum atomic E-state index is 12.8. The molecule has 1 unspecified atom stereocenters. The molecule has 1 aromatic carbocycles. The quantitative estimate of drug-likeness (QED) is 0.756. The van der Waals surface area contributed by atoms with Crippen LogP contribution in [0, 0.1) is 0 Å². The molecule has 6 heteroatoms. The van der Waals surface area contributed by atoms with Gasteiger partial charge in [-0.3, -0.25) is 9.69 Å². The number of nitrogens with one attached hydrogen (secondary N) is 1. The Labute approximate surface area is 166 Å². The van der Waals surface area contributed by atoms with Crippen molar-refractivity contribution < 1.29 is 14.3 Å². The van der Waals surface area contributed by atoms with Crippen LogP contribution in [0.5, 0.6) is 11.6 Å². The molecular weight excluding hydrogens is 354 g/mol. The highest BCUT2D eigenvalue weighted by molar-refractivity contribution is 5.96. The van der Waals surface area contributed by atoms with Crippen molar-refractivity contribution in [3.8, 4) is 11.6 Å². The summed E-state index contributed by atoms with van der Waals surface area (Å²) in [6.45, 7) is 4.98. The van der Waals surface area contributed by atoms with Crippen molar-refractivity contribution in [1.82, 2.24) is 15.2 Å². The zero-order valence-electron chi connectivity index (χ0n) is 16.7. The van der Waals surface area contributed by atoms with Gasteiger partial charge < -0.3 is 14.8 Å². The highest BCUT2D eigenvalue weighted by atomic mass is 16.5. The average molecular weight is 383 g/mol. The minimum absolute atomic E-state index is 0.127. The molecule has 0 saturated carbocycles. The number of piperidine rings is 1. The fourth-order valence-corrected chi connectivity index (χ4v) is 3.61. The Morgan fingerprint density at radius 1 is 1.18 bits per heavy atom. The van der Waals surface area contributed by atoms with Gasteiger partial charge in [0.15, 0.2) is 0 Å². The van der Waals surface area contributed by atoms with Crippen LogP contribution in [0.1, 0.15) is 48.1 Å². The molecule has 0 spiro atoms. The largest absolute Gasteiger partial charge is 0.497 e. The lowest BCUT2D eigenvalue weighted by Crippen LogP contribution is -2.40. The second-order valence-electron chi connectivity index (χ2n) is 6.88. The van der Waals surface area contributed by atoms with Gasteiger partial charge in [0.25, 0.3) is 5.91 Å². The van der Waals surface area contributed by atoms with E-state index in [2.05, 4.69) is 27.3 Å². The van der Waals surface area contributed by atoms with E-state index in [0.29, 0.717) is 24.6 Å². The second-order valence-corrected chi connectivity index (χ2v) is 6.88. The Kier molecular flexibility index (Phi) is 7.25. The van der Waals surface area contributed by atoms with E-state index in [-0.39, 0.29) is 11.9 Å². The summed E-state index contributed by atoms with van der Waals surface area (Å²) >= 11 is 0. The third-order valence-corrected chi connectivity index (χ3v) is 5.08. The van der Waals surface area contributed by atoms with E-state index in [0.717, 1.165) is 18.8 Å². The normalized spacial score (nSPS) is 15.6. The predicted molar refractivity (Wildman–Crippen MR) is 109 cm³/mol. The van der Waals surface area contributed by atoms with Gasteiger partial charge in [-0.05, 0) is 62.7 Å². The van der Waals surface area contributed by atoms with Crippen molar-refractivity contribution in [2.45, 2.75) is 32.2 Å². The second kappa shape index (κ2) is 10.1. The molecule has 1 amide bonds. The van der Waals surface area contributed by atoms with Crippen molar-refractivity contribution in [2.24, 2.45) is 0 Å². The lowest BCUT2D eigenvalue weighted by atomic mass is 10.0. The van der Waals surface area contributed by atoms with Crippen molar-refractivity contribution in [3.63, 3.8) is 0 Å². The van der Waals surface area contributed by atoms with E-state index in [9.17, 15) is 4.79 Å². The molecule has 0 radical (unpaired) electrons. The monoisotopic (exact) mass is 383 g/mol. The molecule has 1 atom stereocenters. The third-order valence-electron chi connectivity index (χ3n) is 5.08. The molecule has 1 aromatic heterocycles. The van der Waals surface area contributed by atoms with Gasteiger partial charge >= 0.3 is 0 Å². The smallest absolute Gasteiger partial charge is 0.256 e. The van der Waals surface area contributed by atoms with Gasteiger partial charge in [0.2, 0.25) is 5.88 Å². The number of amides is 1. The summed E-state index contributed by atoms with van der Waals surface area (Å²) in [5.41, 5.74) is 1.65. The summed E-state index contributed by atoms with van der Waals surface area (Å²) < 4.78 is 10.8. The lowest BCUT2D eigenvalue weighted by Gasteiger charge is -2.35. The molecule has 0 aliphatic carbocycles. The number of benzene rings is 1. The number of carbonyl (C=O) groups is 1. The molecule has 3 rings (SSSR count). The molecule has 0 bridgehead atoms. The van der Waals surface area contributed by atoms with E-state index < -0.39 is 0 Å². The van der Waals surface area contributed by atoms with Crippen LogP contribution in [0.3, 0.4) is 0 Å². The number of carbonyl (C=O) groups excluding carboxylic acids is 1. The SMILES string of the molecule is CCOc1ncccc1C(=O)NCC(c1ccc(OC)cc1)N1CCCCC1. The van der Waals surface area contributed by atoms with Crippen LogP contribution in [0.15, 0.2) is 42.6 Å². The van der Waals surface area contributed by atoms with Crippen LogP contribution < -0.4 is 14.8 Å². The predicted octanol–water partition coefficient (Wildman–Crippen LogP) is 3.45. The van der Waals surface area contributed by atoms with Crippen molar-refractivity contribution >= 4 is 5.91 Å². The summed E-state index contributed by atoms with van der Waals surface area (Å²) in [5.74, 6) is 1.05. The van der Waals surface area contributed by atoms with Crippen LogP contribution >= 0.6 is 0 Å². The number of pyridine rings is 1. The van der Waals surface area contributed by atoms with Crippen molar-refractivity contribution in [1.29, 1.82) is 0 Å². The van der Waals surface area contributed by atoms with E-state index in [4.69, 9.17) is 9.47 Å². The molecule has 1 aliphatic heterocycles. The highest BCUT2D eigenvalue weighted by Crippen LogP contribution is 2.26. The van der Waals surface area contributed by atoms with E-state index in [1.54, 1.807) is 25.4 Å². The van der Waals surface area contributed by atoms with Gasteiger partial charge in [0.1, 0.15) is 11.3 Å².